The number of hydrogen-bond donors (Lipinski definition) is 3. The first kappa shape index (κ1) is 20.6. The molecule has 2 fully saturated rings. The van der Waals surface area contributed by atoms with E-state index in [1.165, 1.54) is 12.3 Å². The summed E-state index contributed by atoms with van der Waals surface area (Å²) in [5, 5.41) is 6.33. The summed E-state index contributed by atoms with van der Waals surface area (Å²) in [6.45, 7) is 3.38. The number of hydrogen-bond acceptors (Lipinski definition) is 6. The fraction of sp³-hybridized carbons (Fsp3) is 0.526. The zero-order chi connectivity index (χ0) is 21.1. The van der Waals surface area contributed by atoms with Crippen LogP contribution in [0, 0.1) is 0 Å². The average Bonchev–Trinajstić information content (AvgIpc) is 3.24. The molecule has 11 heteroatoms. The van der Waals surface area contributed by atoms with Gasteiger partial charge in [-0.1, -0.05) is 0 Å². The van der Waals surface area contributed by atoms with Gasteiger partial charge in [0, 0.05) is 43.6 Å². The van der Waals surface area contributed by atoms with E-state index in [1.807, 2.05) is 0 Å². The van der Waals surface area contributed by atoms with Crippen molar-refractivity contribution in [3.63, 3.8) is 0 Å². The number of rotatable bonds is 4. The van der Waals surface area contributed by atoms with E-state index in [9.17, 15) is 18.0 Å². The second-order valence-electron chi connectivity index (χ2n) is 7.35. The molecule has 2 aromatic heterocycles. The molecule has 1 amide bonds. The topological polar surface area (TPSA) is 95.2 Å². The summed E-state index contributed by atoms with van der Waals surface area (Å²) in [4.78, 5) is 25.0. The lowest BCUT2D eigenvalue weighted by Gasteiger charge is -2.26. The van der Waals surface area contributed by atoms with Crippen molar-refractivity contribution in [2.24, 2.45) is 0 Å². The molecule has 4 heterocycles. The number of morpholine rings is 1. The normalized spacial score (nSPS) is 20.2. The number of H-pyrrole nitrogens is 1. The molecule has 3 N–H and O–H groups in total. The smallest absolute Gasteiger partial charge is 0.378 e. The van der Waals surface area contributed by atoms with E-state index in [0.29, 0.717) is 32.8 Å². The molecule has 0 aromatic carbocycles. The molecule has 30 heavy (non-hydrogen) atoms. The number of alkyl halides is 3. The standard InChI is InChI=1S/C19H23F3N6O2/c20-19(21,22)14-11-25-18(26-13-2-1-3-23-10-13)27-16(14)12-8-15(24-9-12)17(29)28-4-6-30-7-5-28/h8-9,11,13,23-24H,1-7,10H2,(H,25,26,27)/t13-/m0/s1. The van der Waals surface area contributed by atoms with Crippen LogP contribution in [0.15, 0.2) is 18.5 Å². The molecule has 4 rings (SSSR count). The van der Waals surface area contributed by atoms with Crippen LogP contribution in [-0.4, -0.2) is 71.2 Å². The maximum absolute atomic E-state index is 13.6. The number of halogens is 3. The Hall–Kier alpha value is -2.66. The van der Waals surface area contributed by atoms with Crippen molar-refractivity contribution in [3.8, 4) is 11.3 Å². The highest BCUT2D eigenvalue weighted by Crippen LogP contribution is 2.36. The predicted molar refractivity (Wildman–Crippen MR) is 103 cm³/mol. The van der Waals surface area contributed by atoms with Crippen LogP contribution in [0.25, 0.3) is 11.3 Å². The van der Waals surface area contributed by atoms with E-state index in [0.717, 1.165) is 25.6 Å². The summed E-state index contributed by atoms with van der Waals surface area (Å²) in [6.07, 6.45) is -0.606. The van der Waals surface area contributed by atoms with Crippen LogP contribution >= 0.6 is 0 Å². The van der Waals surface area contributed by atoms with Crippen LogP contribution in [-0.2, 0) is 10.9 Å². The lowest BCUT2D eigenvalue weighted by atomic mass is 10.1. The number of nitrogens with one attached hydrogen (secondary N) is 3. The van der Waals surface area contributed by atoms with Gasteiger partial charge in [-0.2, -0.15) is 13.2 Å². The number of anilines is 1. The number of ether oxygens (including phenoxy) is 1. The molecular formula is C19H23F3N6O2. The van der Waals surface area contributed by atoms with E-state index < -0.39 is 11.7 Å². The van der Waals surface area contributed by atoms with Crippen LogP contribution in [0.2, 0.25) is 0 Å². The molecule has 0 aliphatic carbocycles. The van der Waals surface area contributed by atoms with Gasteiger partial charge in [0.05, 0.1) is 18.9 Å². The van der Waals surface area contributed by atoms with Gasteiger partial charge >= 0.3 is 6.18 Å². The number of piperidine rings is 1. The van der Waals surface area contributed by atoms with Gasteiger partial charge in [0.15, 0.2) is 0 Å². The van der Waals surface area contributed by atoms with Gasteiger partial charge in [0.25, 0.3) is 5.91 Å². The van der Waals surface area contributed by atoms with Crippen molar-refractivity contribution in [3.05, 3.63) is 29.7 Å². The van der Waals surface area contributed by atoms with Crippen LogP contribution in [0.4, 0.5) is 19.1 Å². The molecule has 2 aliphatic rings. The lowest BCUT2D eigenvalue weighted by molar-refractivity contribution is -0.137. The minimum Gasteiger partial charge on any atom is -0.378 e. The maximum Gasteiger partial charge on any atom is 0.419 e. The maximum atomic E-state index is 13.6. The zero-order valence-corrected chi connectivity index (χ0v) is 16.3. The Morgan fingerprint density at radius 1 is 1.30 bits per heavy atom. The fourth-order valence-electron chi connectivity index (χ4n) is 3.63. The summed E-state index contributed by atoms with van der Waals surface area (Å²) in [7, 11) is 0. The molecule has 0 saturated carbocycles. The van der Waals surface area contributed by atoms with E-state index in [4.69, 9.17) is 4.74 Å². The van der Waals surface area contributed by atoms with Gasteiger partial charge in [-0.25, -0.2) is 9.97 Å². The summed E-state index contributed by atoms with van der Waals surface area (Å²) in [6, 6.07) is 1.45. The highest BCUT2D eigenvalue weighted by Gasteiger charge is 2.36. The molecule has 0 spiro atoms. The average molecular weight is 424 g/mol. The Kier molecular flexibility index (Phi) is 5.91. The van der Waals surface area contributed by atoms with Crippen LogP contribution in [0.5, 0.6) is 0 Å². The second kappa shape index (κ2) is 8.60. The van der Waals surface area contributed by atoms with Crippen molar-refractivity contribution < 1.29 is 22.7 Å². The molecule has 2 aromatic rings. The van der Waals surface area contributed by atoms with Gasteiger partial charge < -0.3 is 25.3 Å². The van der Waals surface area contributed by atoms with Gasteiger partial charge in [-0.15, -0.1) is 0 Å². The zero-order valence-electron chi connectivity index (χ0n) is 16.3. The van der Waals surface area contributed by atoms with Crippen molar-refractivity contribution in [2.45, 2.75) is 25.1 Å². The minimum atomic E-state index is -4.62. The number of amides is 1. The number of carbonyl (C=O) groups is 1. The predicted octanol–water partition coefficient (Wildman–Crippen LogP) is 2.13. The molecule has 0 bridgehead atoms. The number of nitrogens with zero attached hydrogens (tertiary/aromatic N) is 3. The van der Waals surface area contributed by atoms with Gasteiger partial charge in [0.1, 0.15) is 11.3 Å². The molecule has 1 atom stereocenters. The number of aromatic amines is 1. The lowest BCUT2D eigenvalue weighted by Crippen LogP contribution is -2.40. The first-order valence-corrected chi connectivity index (χ1v) is 9.89. The largest absolute Gasteiger partial charge is 0.419 e. The SMILES string of the molecule is O=C(c1cc(-c2nc(N[C@H]3CCCNC3)ncc2C(F)(F)F)c[nH]1)N1CCOCC1. The second-order valence-corrected chi connectivity index (χ2v) is 7.35. The molecule has 8 nitrogen and oxygen atoms in total. The molecule has 0 radical (unpaired) electrons. The van der Waals surface area contributed by atoms with Crippen molar-refractivity contribution in [2.75, 3.05) is 44.7 Å². The quantitative estimate of drug-likeness (QED) is 0.696. The van der Waals surface area contributed by atoms with Crippen LogP contribution < -0.4 is 10.6 Å². The van der Waals surface area contributed by atoms with E-state index in [1.54, 1.807) is 4.90 Å². The summed E-state index contributed by atoms with van der Waals surface area (Å²) in [5.41, 5.74) is -0.809. The van der Waals surface area contributed by atoms with E-state index >= 15 is 0 Å². The summed E-state index contributed by atoms with van der Waals surface area (Å²) >= 11 is 0. The van der Waals surface area contributed by atoms with E-state index in [-0.39, 0.29) is 34.8 Å². The number of aromatic nitrogens is 3. The Morgan fingerprint density at radius 3 is 2.80 bits per heavy atom. The molecule has 2 saturated heterocycles. The van der Waals surface area contributed by atoms with Gasteiger partial charge in [-0.05, 0) is 25.5 Å². The third-order valence-corrected chi connectivity index (χ3v) is 5.21. The van der Waals surface area contributed by atoms with Crippen LogP contribution in [0.1, 0.15) is 28.9 Å². The third-order valence-electron chi connectivity index (χ3n) is 5.21. The first-order valence-electron chi connectivity index (χ1n) is 9.89. The minimum absolute atomic E-state index is 0.0491. The summed E-state index contributed by atoms with van der Waals surface area (Å²) < 4.78 is 45.9. The van der Waals surface area contributed by atoms with Gasteiger partial charge in [0.2, 0.25) is 5.95 Å². The highest BCUT2D eigenvalue weighted by molar-refractivity contribution is 5.94. The third kappa shape index (κ3) is 4.57. The molecular weight excluding hydrogens is 401 g/mol. The Morgan fingerprint density at radius 2 is 2.10 bits per heavy atom. The molecule has 0 unspecified atom stereocenters. The molecule has 162 valence electrons. The fourth-order valence-corrected chi connectivity index (χ4v) is 3.63. The Labute approximate surface area is 171 Å². The Bertz CT molecular complexity index is 889. The van der Waals surface area contributed by atoms with Crippen LogP contribution in [0.3, 0.4) is 0 Å². The monoisotopic (exact) mass is 424 g/mol. The van der Waals surface area contributed by atoms with Crippen molar-refractivity contribution in [1.29, 1.82) is 0 Å². The number of carbonyl (C=O) groups excluding carboxylic acids is 1. The Balaban J connectivity index is 1.61. The van der Waals surface area contributed by atoms with Crippen molar-refractivity contribution in [1.82, 2.24) is 25.2 Å². The first-order chi connectivity index (χ1) is 14.4. The highest BCUT2D eigenvalue weighted by atomic mass is 19.4. The summed E-state index contributed by atoms with van der Waals surface area (Å²) in [5.74, 6) is -0.146. The van der Waals surface area contributed by atoms with E-state index in [2.05, 4.69) is 25.6 Å². The van der Waals surface area contributed by atoms with Crippen molar-refractivity contribution >= 4 is 11.9 Å². The molecule has 2 aliphatic heterocycles. The van der Waals surface area contributed by atoms with Gasteiger partial charge in [-0.3, -0.25) is 4.79 Å².